The highest BCUT2D eigenvalue weighted by Gasteiger charge is 2.19. The summed E-state index contributed by atoms with van der Waals surface area (Å²) in [4.78, 5) is 16.4. The van der Waals surface area contributed by atoms with Gasteiger partial charge in [0.1, 0.15) is 0 Å². The topological polar surface area (TPSA) is 35.5 Å². The normalized spacial score (nSPS) is 17.0. The molecule has 0 radical (unpaired) electrons. The van der Waals surface area contributed by atoms with Gasteiger partial charge >= 0.3 is 0 Å². The lowest BCUT2D eigenvalue weighted by atomic mass is 10.2. The molecule has 0 aromatic carbocycles. The van der Waals surface area contributed by atoms with E-state index >= 15 is 0 Å². The predicted octanol–water partition coefficient (Wildman–Crippen LogP) is 1.09. The first-order chi connectivity index (χ1) is 9.47. The molecule has 0 aliphatic carbocycles. The quantitative estimate of drug-likeness (QED) is 0.823. The molecular weight excluding hydrogens is 250 g/mol. The summed E-state index contributed by atoms with van der Waals surface area (Å²) in [6.07, 6.45) is 0. The highest BCUT2D eigenvalue weighted by molar-refractivity contribution is 5.36. The van der Waals surface area contributed by atoms with Crippen molar-refractivity contribution in [3.8, 4) is 0 Å². The molecule has 0 atom stereocenters. The monoisotopic (exact) mass is 277 g/mol. The largest absolute Gasteiger partial charge is 0.338 e. The first kappa shape index (κ1) is 15.2. The Hall–Kier alpha value is -1.20. The van der Waals surface area contributed by atoms with E-state index in [0.29, 0.717) is 0 Å². The van der Waals surface area contributed by atoms with E-state index in [1.165, 1.54) is 5.56 Å². The SMILES string of the molecule is Cc1nc(N2CCN(CCN(C)C)CC2)nc(C)c1C. The van der Waals surface area contributed by atoms with Crippen LogP contribution in [0.25, 0.3) is 0 Å². The molecule has 1 aliphatic rings. The van der Waals surface area contributed by atoms with Gasteiger partial charge in [-0.3, -0.25) is 4.90 Å². The van der Waals surface area contributed by atoms with Gasteiger partial charge in [0.15, 0.2) is 0 Å². The van der Waals surface area contributed by atoms with Crippen molar-refractivity contribution >= 4 is 5.95 Å². The molecule has 112 valence electrons. The summed E-state index contributed by atoms with van der Waals surface area (Å²) in [7, 11) is 4.25. The fourth-order valence-electron chi connectivity index (χ4n) is 2.41. The lowest BCUT2D eigenvalue weighted by Crippen LogP contribution is -2.48. The number of hydrogen-bond acceptors (Lipinski definition) is 5. The Balaban J connectivity index is 1.94. The summed E-state index contributed by atoms with van der Waals surface area (Å²) in [5, 5.41) is 0. The van der Waals surface area contributed by atoms with E-state index in [9.17, 15) is 0 Å². The second-order valence-electron chi connectivity index (χ2n) is 5.95. The fourth-order valence-corrected chi connectivity index (χ4v) is 2.41. The maximum atomic E-state index is 4.64. The van der Waals surface area contributed by atoms with E-state index in [2.05, 4.69) is 59.5 Å². The smallest absolute Gasteiger partial charge is 0.225 e. The van der Waals surface area contributed by atoms with Crippen LogP contribution >= 0.6 is 0 Å². The number of rotatable bonds is 4. The Morgan fingerprint density at radius 1 is 0.950 bits per heavy atom. The van der Waals surface area contributed by atoms with Crippen LogP contribution in [0.2, 0.25) is 0 Å². The average Bonchev–Trinajstić information content (AvgIpc) is 2.42. The molecule has 1 aliphatic heterocycles. The summed E-state index contributed by atoms with van der Waals surface area (Å²) in [6, 6.07) is 0. The number of nitrogens with zero attached hydrogens (tertiary/aromatic N) is 5. The van der Waals surface area contributed by atoms with E-state index in [1.807, 2.05) is 0 Å². The molecule has 20 heavy (non-hydrogen) atoms. The summed E-state index contributed by atoms with van der Waals surface area (Å²) in [6.45, 7) is 12.7. The third-order valence-electron chi connectivity index (χ3n) is 4.14. The van der Waals surface area contributed by atoms with Crippen LogP contribution in [0.3, 0.4) is 0 Å². The van der Waals surface area contributed by atoms with Gasteiger partial charge in [0.25, 0.3) is 0 Å². The Bertz CT molecular complexity index is 427. The van der Waals surface area contributed by atoms with Crippen molar-refractivity contribution in [2.45, 2.75) is 20.8 Å². The average molecular weight is 277 g/mol. The van der Waals surface area contributed by atoms with Crippen LogP contribution in [-0.2, 0) is 0 Å². The zero-order valence-corrected chi connectivity index (χ0v) is 13.5. The number of hydrogen-bond donors (Lipinski definition) is 0. The maximum absolute atomic E-state index is 4.64. The lowest BCUT2D eigenvalue weighted by molar-refractivity contribution is 0.228. The first-order valence-electron chi connectivity index (χ1n) is 7.41. The summed E-state index contributed by atoms with van der Waals surface area (Å²) < 4.78 is 0. The van der Waals surface area contributed by atoms with Gasteiger partial charge in [0.2, 0.25) is 5.95 Å². The molecule has 5 heteroatoms. The first-order valence-corrected chi connectivity index (χ1v) is 7.41. The van der Waals surface area contributed by atoms with Crippen molar-refractivity contribution in [1.29, 1.82) is 0 Å². The van der Waals surface area contributed by atoms with Crippen molar-refractivity contribution in [1.82, 2.24) is 19.8 Å². The molecule has 0 amide bonds. The van der Waals surface area contributed by atoms with Crippen LogP contribution in [0.5, 0.6) is 0 Å². The molecule has 5 nitrogen and oxygen atoms in total. The Kier molecular flexibility index (Phi) is 4.94. The zero-order valence-electron chi connectivity index (χ0n) is 13.5. The minimum absolute atomic E-state index is 0.901. The van der Waals surface area contributed by atoms with Crippen LogP contribution in [-0.4, -0.2) is 73.1 Å². The van der Waals surface area contributed by atoms with E-state index in [1.54, 1.807) is 0 Å². The Morgan fingerprint density at radius 3 is 2.00 bits per heavy atom. The highest BCUT2D eigenvalue weighted by Crippen LogP contribution is 2.16. The van der Waals surface area contributed by atoms with Crippen LogP contribution < -0.4 is 4.90 Å². The van der Waals surface area contributed by atoms with Crippen LogP contribution in [0.1, 0.15) is 17.0 Å². The van der Waals surface area contributed by atoms with Crippen LogP contribution in [0.15, 0.2) is 0 Å². The third kappa shape index (κ3) is 3.67. The molecule has 0 saturated carbocycles. The van der Waals surface area contributed by atoms with Crippen LogP contribution in [0, 0.1) is 20.8 Å². The summed E-state index contributed by atoms with van der Waals surface area (Å²) >= 11 is 0. The number of aryl methyl sites for hydroxylation is 2. The van der Waals surface area contributed by atoms with Gasteiger partial charge in [-0.15, -0.1) is 0 Å². The van der Waals surface area contributed by atoms with E-state index in [0.717, 1.165) is 56.6 Å². The second-order valence-corrected chi connectivity index (χ2v) is 5.95. The Morgan fingerprint density at radius 2 is 1.50 bits per heavy atom. The molecule has 1 saturated heterocycles. The lowest BCUT2D eigenvalue weighted by Gasteiger charge is -2.35. The predicted molar refractivity (Wildman–Crippen MR) is 83.5 cm³/mol. The molecule has 0 bridgehead atoms. The Labute approximate surface area is 122 Å². The molecule has 0 N–H and O–H groups in total. The molecule has 0 spiro atoms. The number of likely N-dealkylation sites (N-methyl/N-ethyl adjacent to an activating group) is 1. The molecule has 2 heterocycles. The van der Waals surface area contributed by atoms with Crippen LogP contribution in [0.4, 0.5) is 5.95 Å². The van der Waals surface area contributed by atoms with E-state index in [4.69, 9.17) is 0 Å². The van der Waals surface area contributed by atoms with Crippen molar-refractivity contribution in [2.24, 2.45) is 0 Å². The minimum Gasteiger partial charge on any atom is -0.338 e. The second kappa shape index (κ2) is 6.50. The zero-order chi connectivity index (χ0) is 14.7. The van der Waals surface area contributed by atoms with Gasteiger partial charge in [0, 0.05) is 50.7 Å². The highest BCUT2D eigenvalue weighted by atomic mass is 15.3. The number of anilines is 1. The summed E-state index contributed by atoms with van der Waals surface area (Å²) in [5.74, 6) is 0.901. The fraction of sp³-hybridized carbons (Fsp3) is 0.733. The van der Waals surface area contributed by atoms with Gasteiger partial charge in [-0.05, 0) is 40.4 Å². The standard InChI is InChI=1S/C15H27N5/c1-12-13(2)16-15(17-14(12)3)20-10-8-19(9-11-20)7-6-18(4)5/h6-11H2,1-5H3. The van der Waals surface area contributed by atoms with Gasteiger partial charge in [-0.1, -0.05) is 0 Å². The number of piperazine rings is 1. The molecular formula is C15H27N5. The molecule has 1 fully saturated rings. The number of aromatic nitrogens is 2. The van der Waals surface area contributed by atoms with Crippen molar-refractivity contribution in [3.63, 3.8) is 0 Å². The third-order valence-corrected chi connectivity index (χ3v) is 4.14. The molecule has 1 aromatic rings. The minimum atomic E-state index is 0.901. The van der Waals surface area contributed by atoms with Gasteiger partial charge in [-0.25, -0.2) is 9.97 Å². The van der Waals surface area contributed by atoms with E-state index < -0.39 is 0 Å². The van der Waals surface area contributed by atoms with Crippen molar-refractivity contribution in [2.75, 3.05) is 58.3 Å². The van der Waals surface area contributed by atoms with Crippen molar-refractivity contribution < 1.29 is 0 Å². The summed E-state index contributed by atoms with van der Waals surface area (Å²) in [5.41, 5.74) is 3.41. The van der Waals surface area contributed by atoms with Gasteiger partial charge in [0.05, 0.1) is 0 Å². The van der Waals surface area contributed by atoms with E-state index in [-0.39, 0.29) is 0 Å². The van der Waals surface area contributed by atoms with Crippen molar-refractivity contribution in [3.05, 3.63) is 17.0 Å². The molecule has 2 rings (SSSR count). The molecule has 1 aromatic heterocycles. The van der Waals surface area contributed by atoms with Gasteiger partial charge < -0.3 is 9.80 Å². The molecule has 0 unspecified atom stereocenters. The van der Waals surface area contributed by atoms with Gasteiger partial charge in [-0.2, -0.15) is 0 Å². The maximum Gasteiger partial charge on any atom is 0.225 e.